The van der Waals surface area contributed by atoms with Gasteiger partial charge in [0.2, 0.25) is 5.91 Å². The lowest BCUT2D eigenvalue weighted by molar-refractivity contribution is -0.131. The van der Waals surface area contributed by atoms with Crippen LogP contribution in [-0.2, 0) is 4.79 Å². The maximum atomic E-state index is 13.9. The molecule has 1 aromatic rings. The molecule has 0 aliphatic carbocycles. The Labute approximate surface area is 119 Å². The summed E-state index contributed by atoms with van der Waals surface area (Å²) in [5.41, 5.74) is 0.500. The number of nitrogens with zero attached hydrogens (tertiary/aromatic N) is 1. The lowest BCUT2D eigenvalue weighted by Crippen LogP contribution is -2.44. The molecule has 0 bridgehead atoms. The van der Waals surface area contributed by atoms with Crippen molar-refractivity contribution in [2.24, 2.45) is 0 Å². The SMILES string of the molecule is CCN(C)C(=O)C(C)NC(C)c1cc(F)c(C)cc1F. The molecule has 1 N–H and O–H groups in total. The summed E-state index contributed by atoms with van der Waals surface area (Å²) in [4.78, 5) is 13.5. The number of aryl methyl sites for hydroxylation is 1. The van der Waals surface area contributed by atoms with Gasteiger partial charge in [-0.3, -0.25) is 10.1 Å². The molecule has 3 nitrogen and oxygen atoms in total. The summed E-state index contributed by atoms with van der Waals surface area (Å²) < 4.78 is 27.4. The second-order valence-electron chi connectivity index (χ2n) is 5.09. The predicted octanol–water partition coefficient (Wildman–Crippen LogP) is 2.79. The van der Waals surface area contributed by atoms with E-state index in [1.165, 1.54) is 19.1 Å². The monoisotopic (exact) mass is 284 g/mol. The third-order valence-electron chi connectivity index (χ3n) is 3.47. The highest BCUT2D eigenvalue weighted by molar-refractivity contribution is 5.81. The van der Waals surface area contributed by atoms with E-state index in [2.05, 4.69) is 5.32 Å². The Morgan fingerprint density at radius 1 is 1.30 bits per heavy atom. The molecule has 0 aliphatic rings. The number of amides is 1. The zero-order valence-electron chi connectivity index (χ0n) is 12.6. The molecule has 0 saturated carbocycles. The number of carbonyl (C=O) groups excluding carboxylic acids is 1. The minimum Gasteiger partial charge on any atom is -0.345 e. The van der Waals surface area contributed by atoms with Crippen LogP contribution in [0.2, 0.25) is 0 Å². The summed E-state index contributed by atoms with van der Waals surface area (Å²) in [6.07, 6.45) is 0. The Morgan fingerprint density at radius 2 is 1.90 bits per heavy atom. The van der Waals surface area contributed by atoms with Gasteiger partial charge in [0, 0.05) is 25.2 Å². The van der Waals surface area contributed by atoms with E-state index in [-0.39, 0.29) is 17.0 Å². The van der Waals surface area contributed by atoms with Crippen LogP contribution in [0.3, 0.4) is 0 Å². The zero-order valence-corrected chi connectivity index (χ0v) is 12.6. The first kappa shape index (κ1) is 16.6. The lowest BCUT2D eigenvalue weighted by Gasteiger charge is -2.24. The maximum Gasteiger partial charge on any atom is 0.239 e. The van der Waals surface area contributed by atoms with Crippen LogP contribution in [0.4, 0.5) is 8.78 Å². The fourth-order valence-corrected chi connectivity index (χ4v) is 2.02. The van der Waals surface area contributed by atoms with Crippen molar-refractivity contribution in [1.82, 2.24) is 10.2 Å². The van der Waals surface area contributed by atoms with Crippen molar-refractivity contribution in [3.8, 4) is 0 Å². The van der Waals surface area contributed by atoms with Crippen molar-refractivity contribution in [3.63, 3.8) is 0 Å². The van der Waals surface area contributed by atoms with Gasteiger partial charge < -0.3 is 4.90 Å². The van der Waals surface area contributed by atoms with Crippen LogP contribution in [0.15, 0.2) is 12.1 Å². The molecule has 1 rings (SSSR count). The largest absolute Gasteiger partial charge is 0.345 e. The average Bonchev–Trinajstić information content (AvgIpc) is 2.40. The fraction of sp³-hybridized carbons (Fsp3) is 0.533. The molecule has 0 heterocycles. The molecule has 0 aliphatic heterocycles. The Kier molecular flexibility index (Phi) is 5.62. The molecule has 0 fully saturated rings. The number of rotatable bonds is 5. The van der Waals surface area contributed by atoms with Crippen LogP contribution in [0.1, 0.15) is 37.9 Å². The Balaban J connectivity index is 2.84. The number of halogens is 2. The van der Waals surface area contributed by atoms with Crippen LogP contribution >= 0.6 is 0 Å². The molecule has 112 valence electrons. The number of likely N-dealkylation sites (N-methyl/N-ethyl adjacent to an activating group) is 1. The average molecular weight is 284 g/mol. The van der Waals surface area contributed by atoms with Crippen LogP contribution in [-0.4, -0.2) is 30.4 Å². The van der Waals surface area contributed by atoms with Crippen LogP contribution < -0.4 is 5.32 Å². The number of hydrogen-bond donors (Lipinski definition) is 1. The van der Waals surface area contributed by atoms with Gasteiger partial charge in [0.15, 0.2) is 0 Å². The molecule has 0 aromatic heterocycles. The number of carbonyl (C=O) groups is 1. The smallest absolute Gasteiger partial charge is 0.239 e. The highest BCUT2D eigenvalue weighted by atomic mass is 19.1. The van der Waals surface area contributed by atoms with Gasteiger partial charge in [0.05, 0.1) is 6.04 Å². The van der Waals surface area contributed by atoms with Crippen molar-refractivity contribution in [2.75, 3.05) is 13.6 Å². The molecule has 0 radical (unpaired) electrons. The minimum atomic E-state index is -0.465. The Hall–Kier alpha value is -1.49. The van der Waals surface area contributed by atoms with Gasteiger partial charge in [-0.2, -0.15) is 0 Å². The highest BCUT2D eigenvalue weighted by Gasteiger charge is 2.21. The van der Waals surface area contributed by atoms with Gasteiger partial charge in [-0.25, -0.2) is 8.78 Å². The van der Waals surface area contributed by atoms with Crippen LogP contribution in [0, 0.1) is 18.6 Å². The minimum absolute atomic E-state index is 0.0765. The number of hydrogen-bond acceptors (Lipinski definition) is 2. The first-order valence-corrected chi connectivity index (χ1v) is 6.74. The summed E-state index contributed by atoms with van der Waals surface area (Å²) in [5, 5.41) is 3.00. The van der Waals surface area contributed by atoms with E-state index in [0.717, 1.165) is 0 Å². The summed E-state index contributed by atoms with van der Waals surface area (Å²) >= 11 is 0. The lowest BCUT2D eigenvalue weighted by atomic mass is 10.0. The third-order valence-corrected chi connectivity index (χ3v) is 3.47. The highest BCUT2D eigenvalue weighted by Crippen LogP contribution is 2.21. The molecule has 1 amide bonds. The molecule has 20 heavy (non-hydrogen) atoms. The van der Waals surface area contributed by atoms with Crippen molar-refractivity contribution in [1.29, 1.82) is 0 Å². The molecule has 2 atom stereocenters. The van der Waals surface area contributed by atoms with Crippen LogP contribution in [0.5, 0.6) is 0 Å². The standard InChI is InChI=1S/C15H22F2N2O/c1-6-19(5)15(20)11(4)18-10(3)12-8-13(16)9(2)7-14(12)17/h7-8,10-11,18H,6H2,1-5H3. The van der Waals surface area contributed by atoms with E-state index in [4.69, 9.17) is 0 Å². The van der Waals surface area contributed by atoms with E-state index in [1.807, 2.05) is 6.92 Å². The quantitative estimate of drug-likeness (QED) is 0.901. The second-order valence-corrected chi connectivity index (χ2v) is 5.09. The molecule has 2 unspecified atom stereocenters. The first-order valence-electron chi connectivity index (χ1n) is 6.74. The molecule has 0 spiro atoms. The van der Waals surface area contributed by atoms with E-state index in [0.29, 0.717) is 6.54 Å². The van der Waals surface area contributed by atoms with Gasteiger partial charge in [-0.05, 0) is 45.4 Å². The fourth-order valence-electron chi connectivity index (χ4n) is 2.02. The van der Waals surface area contributed by atoms with Gasteiger partial charge in [-0.1, -0.05) is 0 Å². The number of benzene rings is 1. The van der Waals surface area contributed by atoms with E-state index >= 15 is 0 Å². The van der Waals surface area contributed by atoms with Gasteiger partial charge in [0.1, 0.15) is 11.6 Å². The zero-order chi connectivity index (χ0) is 15.4. The Bertz CT molecular complexity index is 491. The van der Waals surface area contributed by atoms with Gasteiger partial charge in [0.25, 0.3) is 0 Å². The topological polar surface area (TPSA) is 32.3 Å². The molecular weight excluding hydrogens is 262 g/mol. The first-order chi connectivity index (χ1) is 9.27. The summed E-state index contributed by atoms with van der Waals surface area (Å²) in [6, 6.07) is 1.45. The van der Waals surface area contributed by atoms with Gasteiger partial charge >= 0.3 is 0 Å². The van der Waals surface area contributed by atoms with Crippen molar-refractivity contribution in [2.45, 2.75) is 39.8 Å². The van der Waals surface area contributed by atoms with Crippen LogP contribution in [0.25, 0.3) is 0 Å². The van der Waals surface area contributed by atoms with Crippen molar-refractivity contribution >= 4 is 5.91 Å². The second kappa shape index (κ2) is 6.79. The van der Waals surface area contributed by atoms with Crippen molar-refractivity contribution < 1.29 is 13.6 Å². The van der Waals surface area contributed by atoms with Gasteiger partial charge in [-0.15, -0.1) is 0 Å². The number of nitrogens with one attached hydrogen (secondary N) is 1. The van der Waals surface area contributed by atoms with E-state index in [9.17, 15) is 13.6 Å². The van der Waals surface area contributed by atoms with Crippen molar-refractivity contribution in [3.05, 3.63) is 34.9 Å². The summed E-state index contributed by atoms with van der Waals surface area (Å²) in [5.74, 6) is -0.987. The summed E-state index contributed by atoms with van der Waals surface area (Å²) in [6.45, 7) is 7.43. The summed E-state index contributed by atoms with van der Waals surface area (Å²) in [7, 11) is 1.71. The maximum absolute atomic E-state index is 13.9. The normalized spacial score (nSPS) is 13.9. The Morgan fingerprint density at radius 3 is 2.45 bits per heavy atom. The van der Waals surface area contributed by atoms with E-state index < -0.39 is 23.7 Å². The third kappa shape index (κ3) is 3.76. The molecule has 1 aromatic carbocycles. The molecule has 5 heteroatoms. The molecular formula is C15H22F2N2O. The van der Waals surface area contributed by atoms with E-state index in [1.54, 1.807) is 25.8 Å². The predicted molar refractivity (Wildman–Crippen MR) is 75.4 cm³/mol. The molecule has 0 saturated heterocycles.